The topological polar surface area (TPSA) is 95.5 Å². The average Bonchev–Trinajstić information content (AvgIpc) is 1.09. The van der Waals surface area contributed by atoms with Crippen LogP contribution in [0.5, 0.6) is 0 Å². The molecule has 0 unspecified atom stereocenters. The molecule has 0 heterocycles. The minimum Gasteiger partial charge on any atom is -0.196 e. The van der Waals surface area contributed by atoms with E-state index in [-0.39, 0.29) is 0 Å². The highest BCUT2D eigenvalue weighted by molar-refractivity contribution is 8.14. The van der Waals surface area contributed by atoms with Gasteiger partial charge < -0.3 is 0 Å². The molecule has 0 saturated carbocycles. The van der Waals surface area contributed by atoms with E-state index >= 15 is 0 Å². The Balaban J connectivity index is 4.34. The summed E-state index contributed by atoms with van der Waals surface area (Å²) in [6, 6.07) is 0. The summed E-state index contributed by atoms with van der Waals surface area (Å²) in [6.45, 7) is 0. The van der Waals surface area contributed by atoms with Gasteiger partial charge in [0.1, 0.15) is 10.2 Å². The van der Waals surface area contributed by atoms with Crippen molar-refractivity contribution in [3.05, 3.63) is 0 Å². The molecule has 0 aliphatic rings. The van der Waals surface area contributed by atoms with E-state index in [0.29, 0.717) is 0 Å². The third-order valence-electron chi connectivity index (χ3n) is 0.292. The quantitative estimate of drug-likeness (QED) is 0.453. The first-order chi connectivity index (χ1) is 3.96. The second-order valence-corrected chi connectivity index (χ2v) is 8.58. The van der Waals surface area contributed by atoms with Gasteiger partial charge in [0.05, 0.1) is 0 Å². The Kier molecular flexibility index (Phi) is 2.19. The molecule has 0 aromatic carbocycles. The third-order valence-corrected chi connectivity index (χ3v) is 2.63. The second kappa shape index (κ2) is 2.13. The summed E-state index contributed by atoms with van der Waals surface area (Å²) in [6.07, 6.45) is 3.17. The molecule has 5 nitrogen and oxygen atoms in total. The molecule has 0 aliphatic heterocycles. The molecule has 0 atom stereocenters. The van der Waals surface area contributed by atoms with Crippen LogP contribution in [0.15, 0.2) is 0 Å². The highest BCUT2D eigenvalue weighted by Gasteiger charge is 2.32. The van der Waals surface area contributed by atoms with Crippen LogP contribution in [-0.2, 0) is 13.1 Å². The van der Waals surface area contributed by atoms with Crippen molar-refractivity contribution >= 4 is 9.35 Å². The normalized spacial score (nSPS) is 18.0. The molecule has 0 spiro atoms. The fraction of sp³-hybridized carbons (Fsp3) is 1.00. The van der Waals surface area contributed by atoms with E-state index < -0.39 is 19.6 Å². The molecule has 0 amide bonds. The van der Waals surface area contributed by atoms with Gasteiger partial charge in [0.25, 0.3) is 0 Å². The predicted octanol–water partition coefficient (Wildman–Crippen LogP) is -3.48. The first-order valence-corrected chi connectivity index (χ1v) is 6.53. The number of rotatable bonds is 2. The smallest absolute Gasteiger partial charge is 0.189 e. The molecule has 0 fully saturated rings. The number of halogens is 1. The zero-order chi connectivity index (χ0) is 8.65. The van der Waals surface area contributed by atoms with Crippen molar-refractivity contribution in [2.24, 2.45) is 0 Å². The van der Waals surface area contributed by atoms with Crippen molar-refractivity contribution in [2.75, 3.05) is 18.8 Å². The SMILES string of the molecule is CS(C)(C)(=O)O[Cl+3]([O-])([O-])[O-]. The van der Waals surface area contributed by atoms with Gasteiger partial charge in [-0.25, -0.2) is 0 Å². The molecule has 10 heavy (non-hydrogen) atoms. The second-order valence-electron chi connectivity index (χ2n) is 2.73. The lowest BCUT2D eigenvalue weighted by molar-refractivity contribution is -1.91. The van der Waals surface area contributed by atoms with Gasteiger partial charge in [0.2, 0.25) is 0 Å². The largest absolute Gasteiger partial charge is 0.196 e. The minimum atomic E-state index is -4.59. The molecule has 0 radical (unpaired) electrons. The fourth-order valence-corrected chi connectivity index (χ4v) is 2.37. The van der Waals surface area contributed by atoms with Crippen LogP contribution in [0.2, 0.25) is 0 Å². The van der Waals surface area contributed by atoms with E-state index in [1.807, 2.05) is 0 Å². The summed E-state index contributed by atoms with van der Waals surface area (Å²) in [5, 5.41) is 0. The maximum atomic E-state index is 11.0. The third kappa shape index (κ3) is 8.28. The van der Waals surface area contributed by atoms with Crippen LogP contribution in [0.4, 0.5) is 0 Å². The summed E-state index contributed by atoms with van der Waals surface area (Å²) in [7, 11) is -8.27. The van der Waals surface area contributed by atoms with E-state index in [4.69, 9.17) is 0 Å². The van der Waals surface area contributed by atoms with Gasteiger partial charge in [-0.3, -0.25) is 0 Å². The van der Waals surface area contributed by atoms with E-state index in [1.165, 1.54) is 0 Å². The van der Waals surface area contributed by atoms with Crippen molar-refractivity contribution < 1.29 is 32.2 Å². The van der Waals surface area contributed by atoms with Gasteiger partial charge >= 0.3 is 0 Å². The van der Waals surface area contributed by atoms with Crippen LogP contribution in [-0.4, -0.2) is 23.0 Å². The first-order valence-electron chi connectivity index (χ1n) is 2.18. The van der Waals surface area contributed by atoms with Crippen molar-refractivity contribution in [2.45, 2.75) is 0 Å². The first kappa shape index (κ1) is 10.3. The van der Waals surface area contributed by atoms with Crippen molar-refractivity contribution in [3.8, 4) is 0 Å². The van der Waals surface area contributed by atoms with E-state index in [1.54, 1.807) is 0 Å². The molecule has 7 heteroatoms. The molecule has 0 aromatic rings. The van der Waals surface area contributed by atoms with Crippen LogP contribution >= 0.6 is 0 Å². The number of hydrogen-bond acceptors (Lipinski definition) is 5. The summed E-state index contributed by atoms with van der Waals surface area (Å²) in [5.41, 5.74) is 0. The highest BCUT2D eigenvalue weighted by Crippen LogP contribution is 2.17. The maximum Gasteiger partial charge on any atom is 0.189 e. The van der Waals surface area contributed by atoms with Crippen LogP contribution in [0.25, 0.3) is 0 Å². The van der Waals surface area contributed by atoms with Gasteiger partial charge in [-0.1, -0.05) is 9.35 Å². The Morgan fingerprint density at radius 1 is 1.20 bits per heavy atom. The van der Waals surface area contributed by atoms with E-state index in [9.17, 15) is 18.2 Å². The molecule has 0 saturated heterocycles. The number of hydrogen-bond donors (Lipinski definition) is 0. The van der Waals surface area contributed by atoms with Gasteiger partial charge in [0.15, 0.2) is 3.74 Å². The predicted molar refractivity (Wildman–Crippen MR) is 27.0 cm³/mol. The molecular formula is C3H9ClO5S. The highest BCUT2D eigenvalue weighted by atomic mass is 35.7. The van der Waals surface area contributed by atoms with Gasteiger partial charge in [-0.2, -0.15) is 18.2 Å². The maximum absolute atomic E-state index is 11.0. The summed E-state index contributed by atoms with van der Waals surface area (Å²) < 4.78 is 44.4. The lowest BCUT2D eigenvalue weighted by Gasteiger charge is -2.29. The van der Waals surface area contributed by atoms with Crippen molar-refractivity contribution in [3.63, 3.8) is 0 Å². The van der Waals surface area contributed by atoms with E-state index in [0.717, 1.165) is 18.8 Å². The fourth-order valence-electron chi connectivity index (χ4n) is 0.263. The van der Waals surface area contributed by atoms with E-state index in [2.05, 4.69) is 3.74 Å². The van der Waals surface area contributed by atoms with Gasteiger partial charge in [-0.05, 0) is 0 Å². The summed E-state index contributed by atoms with van der Waals surface area (Å²) >= 11 is 0. The Morgan fingerprint density at radius 2 is 1.50 bits per heavy atom. The molecule has 64 valence electrons. The zero-order valence-corrected chi connectivity index (χ0v) is 7.40. The van der Waals surface area contributed by atoms with Gasteiger partial charge in [0, 0.05) is 18.8 Å². The summed E-state index contributed by atoms with van der Waals surface area (Å²) in [4.78, 5) is 0. The summed E-state index contributed by atoms with van der Waals surface area (Å²) in [5.74, 6) is 0. The van der Waals surface area contributed by atoms with Crippen molar-refractivity contribution in [1.29, 1.82) is 0 Å². The van der Waals surface area contributed by atoms with Crippen LogP contribution in [0.3, 0.4) is 0 Å². The average molecular weight is 193 g/mol. The molecule has 0 N–H and O–H groups in total. The van der Waals surface area contributed by atoms with Crippen LogP contribution < -0.4 is 14.0 Å². The monoisotopic (exact) mass is 192 g/mol. The standard InChI is InChI=1S/C3H9ClO5S/c1-10(2,3,8)9-4(5,6)7/h1-3H3. The van der Waals surface area contributed by atoms with Crippen molar-refractivity contribution in [1.82, 2.24) is 0 Å². The lowest BCUT2D eigenvalue weighted by atomic mass is 11.9. The zero-order valence-electron chi connectivity index (χ0n) is 5.83. The molecule has 0 rings (SSSR count). The lowest BCUT2D eigenvalue weighted by Crippen LogP contribution is -2.64. The van der Waals surface area contributed by atoms with Crippen LogP contribution in [0, 0.1) is 10.2 Å². The Hall–Kier alpha value is 0.280. The Morgan fingerprint density at radius 3 is 1.50 bits per heavy atom. The van der Waals surface area contributed by atoms with Crippen LogP contribution in [0.1, 0.15) is 0 Å². The Bertz CT molecular complexity index is 177. The Labute approximate surface area is 60.9 Å². The molecule has 0 aromatic heterocycles. The molecular weight excluding hydrogens is 184 g/mol. The molecule has 0 aliphatic carbocycles. The molecule has 0 bridgehead atoms. The minimum absolute atomic E-state index is 1.06. The van der Waals surface area contributed by atoms with Gasteiger partial charge in [-0.15, -0.1) is 0 Å².